The Hall–Kier alpha value is -0.490. The topological polar surface area (TPSA) is 18.5 Å². The first-order chi connectivity index (χ1) is 10.0. The van der Waals surface area contributed by atoms with Crippen molar-refractivity contribution in [2.24, 2.45) is 0 Å². The van der Waals surface area contributed by atoms with Crippen molar-refractivity contribution < 1.29 is 4.39 Å². The van der Waals surface area contributed by atoms with Crippen LogP contribution in [0, 0.1) is 5.82 Å². The highest BCUT2D eigenvalue weighted by atomic mass is 79.9. The molecule has 1 fully saturated rings. The summed E-state index contributed by atoms with van der Waals surface area (Å²) in [4.78, 5) is 4.78. The number of nitrogens with zero attached hydrogens (tertiary/aromatic N) is 2. The molecule has 1 aliphatic rings. The molecule has 118 valence electrons. The fraction of sp³-hybridized carbons (Fsp3) is 0.625. The van der Waals surface area contributed by atoms with E-state index in [0.29, 0.717) is 12.5 Å². The maximum Gasteiger partial charge on any atom is 0.127 e. The van der Waals surface area contributed by atoms with Crippen LogP contribution in [0.2, 0.25) is 0 Å². The van der Waals surface area contributed by atoms with E-state index in [1.807, 2.05) is 19.2 Å². The molecule has 0 radical (unpaired) electrons. The maximum absolute atomic E-state index is 14.1. The smallest absolute Gasteiger partial charge is 0.127 e. The SMILES string of the molecule is CNC(Cc1ccc(Br)cc1F)C1CN(C)CCCN1C. The molecule has 5 heteroatoms. The van der Waals surface area contributed by atoms with E-state index in [-0.39, 0.29) is 11.9 Å². The third-order valence-corrected chi connectivity index (χ3v) is 4.90. The molecule has 1 aromatic rings. The summed E-state index contributed by atoms with van der Waals surface area (Å²) >= 11 is 3.31. The molecule has 2 unspecified atom stereocenters. The highest BCUT2D eigenvalue weighted by Gasteiger charge is 2.28. The van der Waals surface area contributed by atoms with Crippen molar-refractivity contribution in [2.75, 3.05) is 40.8 Å². The fourth-order valence-electron chi connectivity index (χ4n) is 3.09. The van der Waals surface area contributed by atoms with Gasteiger partial charge >= 0.3 is 0 Å². The van der Waals surface area contributed by atoms with Crippen LogP contribution in [0.5, 0.6) is 0 Å². The van der Waals surface area contributed by atoms with Crippen LogP contribution in [0.25, 0.3) is 0 Å². The summed E-state index contributed by atoms with van der Waals surface area (Å²) in [6.45, 7) is 3.24. The molecule has 2 atom stereocenters. The van der Waals surface area contributed by atoms with Crippen molar-refractivity contribution >= 4 is 15.9 Å². The lowest BCUT2D eigenvalue weighted by Crippen LogP contribution is -2.52. The highest BCUT2D eigenvalue weighted by molar-refractivity contribution is 9.10. The summed E-state index contributed by atoms with van der Waals surface area (Å²) in [7, 11) is 6.31. The number of likely N-dealkylation sites (N-methyl/N-ethyl adjacent to an activating group) is 3. The van der Waals surface area contributed by atoms with Crippen molar-refractivity contribution in [1.29, 1.82) is 0 Å². The molecule has 0 aromatic heterocycles. The Kier molecular flexibility index (Phi) is 6.17. The summed E-state index contributed by atoms with van der Waals surface area (Å²) in [5.74, 6) is -0.130. The van der Waals surface area contributed by atoms with Crippen molar-refractivity contribution in [3.8, 4) is 0 Å². The van der Waals surface area contributed by atoms with Crippen LogP contribution >= 0.6 is 15.9 Å². The van der Waals surface area contributed by atoms with E-state index in [1.165, 1.54) is 6.42 Å². The molecule has 0 spiro atoms. The van der Waals surface area contributed by atoms with Crippen molar-refractivity contribution in [3.63, 3.8) is 0 Å². The number of halogens is 2. The Labute approximate surface area is 135 Å². The normalized spacial score (nSPS) is 23.0. The first-order valence-corrected chi connectivity index (χ1v) is 8.30. The van der Waals surface area contributed by atoms with Gasteiger partial charge in [0.2, 0.25) is 0 Å². The first kappa shape index (κ1) is 16.9. The molecule has 0 bridgehead atoms. The van der Waals surface area contributed by atoms with Crippen molar-refractivity contribution in [2.45, 2.75) is 24.9 Å². The van der Waals surface area contributed by atoms with E-state index in [0.717, 1.165) is 29.7 Å². The largest absolute Gasteiger partial charge is 0.315 e. The second kappa shape index (κ2) is 7.68. The number of hydrogen-bond donors (Lipinski definition) is 1. The van der Waals surface area contributed by atoms with Gasteiger partial charge in [0.25, 0.3) is 0 Å². The lowest BCUT2D eigenvalue weighted by atomic mass is 9.98. The standard InChI is InChI=1S/C16H25BrFN3/c1-19-15(9-12-5-6-13(17)10-14(12)18)16-11-20(2)7-4-8-21(16)3/h5-6,10,15-16,19H,4,7-9,11H2,1-3H3. The Bertz CT molecular complexity index is 469. The monoisotopic (exact) mass is 357 g/mol. The minimum Gasteiger partial charge on any atom is -0.315 e. The zero-order chi connectivity index (χ0) is 15.4. The summed E-state index contributed by atoms with van der Waals surface area (Å²) in [6, 6.07) is 5.97. The summed E-state index contributed by atoms with van der Waals surface area (Å²) in [5.41, 5.74) is 0.776. The Morgan fingerprint density at radius 3 is 2.81 bits per heavy atom. The van der Waals surface area contributed by atoms with Crippen molar-refractivity contribution in [1.82, 2.24) is 15.1 Å². The van der Waals surface area contributed by atoms with Crippen molar-refractivity contribution in [3.05, 3.63) is 34.1 Å². The third-order valence-electron chi connectivity index (χ3n) is 4.41. The summed E-state index contributed by atoms with van der Waals surface area (Å²) < 4.78 is 14.9. The zero-order valence-corrected chi connectivity index (χ0v) is 14.7. The van der Waals surface area contributed by atoms with Crippen LogP contribution in [0.1, 0.15) is 12.0 Å². The second-order valence-corrected chi connectivity index (χ2v) is 6.91. The van der Waals surface area contributed by atoms with E-state index in [2.05, 4.69) is 45.1 Å². The quantitative estimate of drug-likeness (QED) is 0.892. The molecule has 2 rings (SSSR count). The van der Waals surface area contributed by atoms with Gasteiger partial charge in [-0.3, -0.25) is 0 Å². The van der Waals surface area contributed by atoms with Gasteiger partial charge in [-0.15, -0.1) is 0 Å². The van der Waals surface area contributed by atoms with Crippen LogP contribution in [-0.2, 0) is 6.42 Å². The van der Waals surface area contributed by atoms with Crippen LogP contribution in [0.3, 0.4) is 0 Å². The zero-order valence-electron chi connectivity index (χ0n) is 13.1. The molecule has 1 aliphatic heterocycles. The molecule has 1 heterocycles. The lowest BCUT2D eigenvalue weighted by molar-refractivity contribution is 0.181. The number of benzene rings is 1. The van der Waals surface area contributed by atoms with Gasteiger partial charge in [0.1, 0.15) is 5.82 Å². The van der Waals surface area contributed by atoms with Gasteiger partial charge in [-0.2, -0.15) is 0 Å². The predicted octanol–water partition coefficient (Wildman–Crippen LogP) is 2.35. The average molecular weight is 358 g/mol. The van der Waals surface area contributed by atoms with Crippen LogP contribution in [0.4, 0.5) is 4.39 Å². The molecule has 1 aromatic carbocycles. The Balaban J connectivity index is 2.14. The molecule has 1 saturated heterocycles. The fourth-order valence-corrected chi connectivity index (χ4v) is 3.43. The van der Waals surface area contributed by atoms with E-state index < -0.39 is 0 Å². The van der Waals surface area contributed by atoms with E-state index in [4.69, 9.17) is 0 Å². The van der Waals surface area contributed by atoms with Gasteiger partial charge in [-0.25, -0.2) is 4.39 Å². The number of rotatable bonds is 4. The van der Waals surface area contributed by atoms with Gasteiger partial charge in [0, 0.05) is 23.1 Å². The van der Waals surface area contributed by atoms with Crippen LogP contribution < -0.4 is 5.32 Å². The molecule has 0 amide bonds. The maximum atomic E-state index is 14.1. The lowest BCUT2D eigenvalue weighted by Gasteiger charge is -2.34. The van der Waals surface area contributed by atoms with Crippen LogP contribution in [-0.4, -0.2) is 62.7 Å². The third kappa shape index (κ3) is 4.49. The van der Waals surface area contributed by atoms with E-state index in [1.54, 1.807) is 6.07 Å². The van der Waals surface area contributed by atoms with Gasteiger partial charge in [0.05, 0.1) is 0 Å². The number of hydrogen-bond acceptors (Lipinski definition) is 3. The minimum atomic E-state index is -0.130. The Morgan fingerprint density at radius 1 is 1.38 bits per heavy atom. The molecule has 21 heavy (non-hydrogen) atoms. The van der Waals surface area contributed by atoms with Gasteiger partial charge in [-0.05, 0) is 64.8 Å². The van der Waals surface area contributed by atoms with Gasteiger partial charge in [-0.1, -0.05) is 22.0 Å². The molecular weight excluding hydrogens is 333 g/mol. The summed E-state index contributed by atoms with van der Waals surface area (Å²) in [5, 5.41) is 3.39. The Morgan fingerprint density at radius 2 is 2.14 bits per heavy atom. The molecule has 0 aliphatic carbocycles. The van der Waals surface area contributed by atoms with Gasteiger partial charge < -0.3 is 15.1 Å². The predicted molar refractivity (Wildman–Crippen MR) is 89.2 cm³/mol. The molecule has 3 nitrogen and oxygen atoms in total. The molecule has 0 saturated carbocycles. The molecular formula is C16H25BrFN3. The first-order valence-electron chi connectivity index (χ1n) is 7.51. The minimum absolute atomic E-state index is 0.130. The van der Waals surface area contributed by atoms with Gasteiger partial charge in [0.15, 0.2) is 0 Å². The van der Waals surface area contributed by atoms with E-state index in [9.17, 15) is 4.39 Å². The average Bonchev–Trinajstić information content (AvgIpc) is 2.60. The number of nitrogens with one attached hydrogen (secondary N) is 1. The van der Waals surface area contributed by atoms with E-state index >= 15 is 0 Å². The van der Waals surface area contributed by atoms with Crippen LogP contribution in [0.15, 0.2) is 22.7 Å². The molecule has 1 N–H and O–H groups in total. The second-order valence-electron chi connectivity index (χ2n) is 6.00. The highest BCUT2D eigenvalue weighted by Crippen LogP contribution is 2.19. The summed E-state index contributed by atoms with van der Waals surface area (Å²) in [6.07, 6.45) is 1.89.